The smallest absolute Gasteiger partial charge is 0.425 e. The summed E-state index contributed by atoms with van der Waals surface area (Å²) in [6, 6.07) is 11.0. The van der Waals surface area contributed by atoms with E-state index >= 15 is 0 Å². The number of aromatic nitrogens is 1. The van der Waals surface area contributed by atoms with E-state index in [1.807, 2.05) is 31.2 Å². The van der Waals surface area contributed by atoms with Crippen molar-refractivity contribution in [2.45, 2.75) is 50.4 Å². The average Bonchev–Trinajstić information content (AvgIpc) is 3.54. The Morgan fingerprint density at radius 3 is 2.56 bits per heavy atom. The van der Waals surface area contributed by atoms with Gasteiger partial charge in [-0.05, 0) is 37.1 Å². The number of pyridine rings is 1. The zero-order valence-electron chi connectivity index (χ0n) is 25.0. The number of likely N-dealkylation sites (tertiary alicyclic amines) is 1. The van der Waals surface area contributed by atoms with Crippen LogP contribution in [0.15, 0.2) is 60.2 Å². The van der Waals surface area contributed by atoms with Gasteiger partial charge in [-0.3, -0.25) is 14.6 Å². The van der Waals surface area contributed by atoms with Crippen LogP contribution in [0.4, 0.5) is 18.9 Å². The summed E-state index contributed by atoms with van der Waals surface area (Å²) in [4.78, 5) is 37.2. The molecule has 5 rings (SSSR count). The molecule has 1 aromatic carbocycles. The Bertz CT molecular complexity index is 1450. The molecule has 0 saturated carbocycles. The number of ether oxygens (including phenoxy) is 2. The van der Waals surface area contributed by atoms with E-state index in [0.29, 0.717) is 74.6 Å². The van der Waals surface area contributed by atoms with Gasteiger partial charge in [0.2, 0.25) is 5.60 Å². The summed E-state index contributed by atoms with van der Waals surface area (Å²) in [7, 11) is 0. The molecule has 9 nitrogen and oxygen atoms in total. The Morgan fingerprint density at radius 2 is 1.89 bits per heavy atom. The Morgan fingerprint density at radius 1 is 1.11 bits per heavy atom. The highest BCUT2D eigenvalue weighted by atomic mass is 32.1. The number of nitrogens with zero attached hydrogens (tertiary/aromatic N) is 4. The SMILES string of the molecule is CCC[C@H]1N(C(=O)c2cccnc2)CCC[C@@]1(Oc1csc(C(F)(F)F)c1)C(=O)N1CCN(c2ccccc2OCCO)CC1. The molecule has 0 aliphatic carbocycles. The van der Waals surface area contributed by atoms with Gasteiger partial charge < -0.3 is 29.3 Å². The zero-order chi connectivity index (χ0) is 32.0. The van der Waals surface area contributed by atoms with Gasteiger partial charge in [-0.15, -0.1) is 11.3 Å². The number of hydrogen-bond donors (Lipinski definition) is 1. The lowest BCUT2D eigenvalue weighted by atomic mass is 9.79. The molecule has 2 aromatic heterocycles. The van der Waals surface area contributed by atoms with Crippen LogP contribution in [-0.4, -0.2) is 89.3 Å². The number of anilines is 1. The molecule has 2 aliphatic heterocycles. The minimum atomic E-state index is -4.55. The number of thiophene rings is 1. The number of rotatable bonds is 10. The molecule has 0 bridgehead atoms. The molecule has 0 unspecified atom stereocenters. The Labute approximate surface area is 264 Å². The van der Waals surface area contributed by atoms with Crippen LogP contribution >= 0.6 is 11.3 Å². The number of piperidine rings is 1. The van der Waals surface area contributed by atoms with E-state index in [0.717, 1.165) is 11.8 Å². The number of hydrogen-bond acceptors (Lipinski definition) is 8. The number of para-hydroxylation sites is 2. The Kier molecular flexibility index (Phi) is 10.2. The number of aliphatic hydroxyl groups is 1. The summed E-state index contributed by atoms with van der Waals surface area (Å²) in [5.74, 6) is -0.0450. The number of carbonyl (C=O) groups excluding carboxylic acids is 2. The van der Waals surface area contributed by atoms with Gasteiger partial charge in [-0.1, -0.05) is 25.5 Å². The van der Waals surface area contributed by atoms with Crippen LogP contribution in [-0.2, 0) is 11.0 Å². The predicted molar refractivity (Wildman–Crippen MR) is 164 cm³/mol. The van der Waals surface area contributed by atoms with Gasteiger partial charge in [0.1, 0.15) is 23.0 Å². The summed E-state index contributed by atoms with van der Waals surface area (Å²) in [6.45, 7) is 4.00. The monoisotopic (exact) mass is 646 g/mol. The number of piperazine rings is 1. The minimum Gasteiger partial charge on any atom is -0.489 e. The van der Waals surface area contributed by atoms with E-state index in [-0.39, 0.29) is 37.2 Å². The Balaban J connectivity index is 1.46. The molecule has 2 atom stereocenters. The van der Waals surface area contributed by atoms with E-state index in [9.17, 15) is 27.9 Å². The van der Waals surface area contributed by atoms with Crippen molar-refractivity contribution in [2.24, 2.45) is 0 Å². The fraction of sp³-hybridized carbons (Fsp3) is 0.469. The van der Waals surface area contributed by atoms with Gasteiger partial charge in [0.25, 0.3) is 11.8 Å². The van der Waals surface area contributed by atoms with Crippen LogP contribution < -0.4 is 14.4 Å². The zero-order valence-corrected chi connectivity index (χ0v) is 25.9. The predicted octanol–water partition coefficient (Wildman–Crippen LogP) is 5.10. The largest absolute Gasteiger partial charge is 0.489 e. The second-order valence-electron chi connectivity index (χ2n) is 11.1. The molecule has 4 heterocycles. The molecule has 0 radical (unpaired) electrons. The third-order valence-electron chi connectivity index (χ3n) is 8.23. The van der Waals surface area contributed by atoms with Crippen LogP contribution in [0.2, 0.25) is 0 Å². The third kappa shape index (κ3) is 7.04. The molecule has 13 heteroatoms. The van der Waals surface area contributed by atoms with E-state index in [4.69, 9.17) is 9.47 Å². The maximum atomic E-state index is 14.7. The maximum absolute atomic E-state index is 14.7. The highest BCUT2D eigenvalue weighted by Gasteiger charge is 2.55. The van der Waals surface area contributed by atoms with E-state index in [1.54, 1.807) is 28.1 Å². The molecule has 2 saturated heterocycles. The molecule has 242 valence electrons. The summed E-state index contributed by atoms with van der Waals surface area (Å²) in [6.07, 6.45) is 0.222. The highest BCUT2D eigenvalue weighted by Crippen LogP contribution is 2.42. The van der Waals surface area contributed by atoms with Gasteiger partial charge in [0, 0.05) is 63.0 Å². The lowest BCUT2D eigenvalue weighted by Crippen LogP contribution is -2.69. The van der Waals surface area contributed by atoms with Crippen LogP contribution in [0.3, 0.4) is 0 Å². The van der Waals surface area contributed by atoms with Crippen molar-refractivity contribution in [3.8, 4) is 11.5 Å². The first-order valence-electron chi connectivity index (χ1n) is 15.1. The molecule has 3 aromatic rings. The quantitative estimate of drug-likeness (QED) is 0.328. The first-order valence-corrected chi connectivity index (χ1v) is 16.0. The molecular formula is C32H37F3N4O5S. The first-order chi connectivity index (χ1) is 21.7. The molecular weight excluding hydrogens is 609 g/mol. The van der Waals surface area contributed by atoms with Crippen molar-refractivity contribution in [1.82, 2.24) is 14.8 Å². The van der Waals surface area contributed by atoms with Crippen LogP contribution in [0.25, 0.3) is 0 Å². The fourth-order valence-electron chi connectivity index (χ4n) is 6.20. The van der Waals surface area contributed by atoms with Gasteiger partial charge in [0.15, 0.2) is 0 Å². The molecule has 2 amide bonds. The van der Waals surface area contributed by atoms with Crippen molar-refractivity contribution in [1.29, 1.82) is 0 Å². The topological polar surface area (TPSA) is 95.4 Å². The number of amides is 2. The van der Waals surface area contributed by atoms with Crippen molar-refractivity contribution in [3.05, 3.63) is 70.7 Å². The number of halogens is 3. The Hall–Kier alpha value is -3.84. The summed E-state index contributed by atoms with van der Waals surface area (Å²) in [5.41, 5.74) is -0.371. The summed E-state index contributed by atoms with van der Waals surface area (Å²) in [5, 5.41) is 10.5. The van der Waals surface area contributed by atoms with Crippen molar-refractivity contribution < 1.29 is 37.3 Å². The average molecular weight is 647 g/mol. The van der Waals surface area contributed by atoms with Crippen LogP contribution in [0.5, 0.6) is 11.5 Å². The van der Waals surface area contributed by atoms with Gasteiger partial charge >= 0.3 is 6.18 Å². The molecule has 45 heavy (non-hydrogen) atoms. The highest BCUT2D eigenvalue weighted by molar-refractivity contribution is 7.10. The number of benzene rings is 1. The van der Waals surface area contributed by atoms with E-state index in [2.05, 4.69) is 9.88 Å². The number of carbonyl (C=O) groups is 2. The second-order valence-corrected chi connectivity index (χ2v) is 12.0. The molecule has 2 fully saturated rings. The van der Waals surface area contributed by atoms with Crippen molar-refractivity contribution >= 4 is 28.8 Å². The summed E-state index contributed by atoms with van der Waals surface area (Å²) < 4.78 is 52.8. The van der Waals surface area contributed by atoms with Gasteiger partial charge in [0.05, 0.1) is 23.9 Å². The molecule has 1 N–H and O–H groups in total. The van der Waals surface area contributed by atoms with Gasteiger partial charge in [-0.25, -0.2) is 0 Å². The van der Waals surface area contributed by atoms with Crippen LogP contribution in [0.1, 0.15) is 47.8 Å². The van der Waals surface area contributed by atoms with Crippen molar-refractivity contribution in [3.63, 3.8) is 0 Å². The summed E-state index contributed by atoms with van der Waals surface area (Å²) >= 11 is 0.517. The van der Waals surface area contributed by atoms with Crippen LogP contribution in [0, 0.1) is 0 Å². The lowest BCUT2D eigenvalue weighted by molar-refractivity contribution is -0.159. The standard InChI is InChI=1S/C32H37F3N4O5S/c1-2-7-27-31(44-24-20-28(45-22-24)32(33,34)35,11-6-13-39(27)29(41)23-8-5-12-36-21-23)30(42)38-16-14-37(15-17-38)25-9-3-4-10-26(25)43-19-18-40/h3-5,8-10,12,20-22,27,40H,2,6-7,11,13-19H2,1H3/t27-,31+/m1/s1. The fourth-order valence-corrected chi connectivity index (χ4v) is 6.88. The molecule has 2 aliphatic rings. The van der Waals surface area contributed by atoms with E-state index in [1.165, 1.54) is 11.6 Å². The first kappa shape index (κ1) is 32.6. The van der Waals surface area contributed by atoms with E-state index < -0.39 is 22.7 Å². The lowest BCUT2D eigenvalue weighted by Gasteiger charge is -2.50. The maximum Gasteiger partial charge on any atom is 0.425 e. The van der Waals surface area contributed by atoms with Crippen molar-refractivity contribution in [2.75, 3.05) is 50.8 Å². The van der Waals surface area contributed by atoms with Gasteiger partial charge in [-0.2, -0.15) is 13.2 Å². The minimum absolute atomic E-state index is 0.0361. The number of aliphatic hydroxyl groups excluding tert-OH is 1. The number of alkyl halides is 3. The third-order valence-corrected chi connectivity index (χ3v) is 9.19. The molecule has 0 spiro atoms. The normalized spacial score (nSPS) is 20.6. The second kappa shape index (κ2) is 14.1.